The van der Waals surface area contributed by atoms with Crippen LogP contribution < -0.4 is 0 Å². The van der Waals surface area contributed by atoms with Gasteiger partial charge < -0.3 is 9.84 Å². The van der Waals surface area contributed by atoms with Gasteiger partial charge in [-0.1, -0.05) is 0 Å². The average molecular weight is 267 g/mol. The van der Waals surface area contributed by atoms with Crippen molar-refractivity contribution in [3.63, 3.8) is 0 Å². The lowest BCUT2D eigenvalue weighted by atomic mass is 10.2. The van der Waals surface area contributed by atoms with Crippen molar-refractivity contribution >= 4 is 16.0 Å². The number of ether oxygens (including phenoxy) is 1. The van der Waals surface area contributed by atoms with Gasteiger partial charge in [0.05, 0.1) is 11.4 Å². The lowest BCUT2D eigenvalue weighted by Crippen LogP contribution is -2.46. The second-order valence-corrected chi connectivity index (χ2v) is 6.67. The van der Waals surface area contributed by atoms with Crippen LogP contribution in [0, 0.1) is 0 Å². The molecule has 0 aromatic carbocycles. The van der Waals surface area contributed by atoms with Crippen LogP contribution in [0.1, 0.15) is 27.7 Å². The number of carboxylic acid groups (broad SMARTS) is 1. The fourth-order valence-corrected chi connectivity index (χ4v) is 3.43. The quantitative estimate of drug-likeness (QED) is 0.727. The van der Waals surface area contributed by atoms with Crippen molar-refractivity contribution in [2.45, 2.75) is 39.3 Å². The Morgan fingerprint density at radius 1 is 1.41 bits per heavy atom. The monoisotopic (exact) mass is 267 g/mol. The highest BCUT2D eigenvalue weighted by molar-refractivity contribution is 7.89. The Morgan fingerprint density at radius 3 is 2.18 bits per heavy atom. The Labute approximate surface area is 103 Å². The average Bonchev–Trinajstić information content (AvgIpc) is 2.11. The summed E-state index contributed by atoms with van der Waals surface area (Å²) in [6, 6.07) is -0.399. The summed E-state index contributed by atoms with van der Waals surface area (Å²) in [5, 5.41) is 8.71. The van der Waals surface area contributed by atoms with Crippen LogP contribution in [0.3, 0.4) is 0 Å². The summed E-state index contributed by atoms with van der Waals surface area (Å²) in [5.74, 6) is -1.42. The Kier molecular flexibility index (Phi) is 5.57. The van der Waals surface area contributed by atoms with E-state index in [9.17, 15) is 13.2 Å². The molecule has 0 aromatic rings. The third-order valence-electron chi connectivity index (χ3n) is 2.31. The molecule has 0 aliphatic heterocycles. The number of carboxylic acids is 1. The van der Waals surface area contributed by atoms with E-state index in [1.54, 1.807) is 27.7 Å². The molecule has 17 heavy (non-hydrogen) atoms. The minimum Gasteiger partial charge on any atom is -0.480 e. The van der Waals surface area contributed by atoms with E-state index in [-0.39, 0.29) is 5.75 Å². The standard InChI is InChI=1S/C10H21NO5S/c1-8(2)11(6-9(12)13)17(14,15)7-10(3,4)16-5/h8H,6-7H2,1-5H3,(H,12,13). The number of methoxy groups -OCH3 is 1. The molecule has 0 atom stereocenters. The van der Waals surface area contributed by atoms with E-state index in [2.05, 4.69) is 0 Å². The molecule has 0 saturated heterocycles. The second kappa shape index (κ2) is 5.79. The number of aliphatic carboxylic acids is 1. The van der Waals surface area contributed by atoms with Gasteiger partial charge in [-0.2, -0.15) is 4.31 Å². The van der Waals surface area contributed by atoms with Crippen LogP contribution in [0.25, 0.3) is 0 Å². The maximum Gasteiger partial charge on any atom is 0.318 e. The van der Waals surface area contributed by atoms with Gasteiger partial charge in [0.1, 0.15) is 6.54 Å². The predicted molar refractivity (Wildman–Crippen MR) is 64.4 cm³/mol. The minimum absolute atomic E-state index is 0.248. The van der Waals surface area contributed by atoms with Gasteiger partial charge in [0.2, 0.25) is 10.0 Å². The lowest BCUT2D eigenvalue weighted by molar-refractivity contribution is -0.137. The summed E-state index contributed by atoms with van der Waals surface area (Å²) in [5.41, 5.74) is -0.843. The maximum atomic E-state index is 12.1. The van der Waals surface area contributed by atoms with Crippen molar-refractivity contribution in [3.05, 3.63) is 0 Å². The van der Waals surface area contributed by atoms with Crippen molar-refractivity contribution in [2.24, 2.45) is 0 Å². The van der Waals surface area contributed by atoms with Gasteiger partial charge in [0, 0.05) is 13.2 Å². The highest BCUT2D eigenvalue weighted by atomic mass is 32.2. The van der Waals surface area contributed by atoms with E-state index >= 15 is 0 Å². The number of carbonyl (C=O) groups is 1. The zero-order valence-electron chi connectivity index (χ0n) is 10.9. The van der Waals surface area contributed by atoms with Crippen molar-refractivity contribution in [3.8, 4) is 0 Å². The first kappa shape index (κ1) is 16.3. The van der Waals surface area contributed by atoms with Crippen molar-refractivity contribution in [2.75, 3.05) is 19.4 Å². The molecule has 0 amide bonds. The SMILES string of the molecule is COC(C)(C)CS(=O)(=O)N(CC(=O)O)C(C)C. The van der Waals surface area contributed by atoms with Crippen LogP contribution in [-0.4, -0.2) is 54.8 Å². The van der Waals surface area contributed by atoms with Crippen molar-refractivity contribution in [1.29, 1.82) is 0 Å². The van der Waals surface area contributed by atoms with Crippen LogP contribution in [0.2, 0.25) is 0 Å². The first-order valence-electron chi connectivity index (χ1n) is 5.28. The van der Waals surface area contributed by atoms with Gasteiger partial charge in [0.25, 0.3) is 0 Å². The molecule has 0 spiro atoms. The molecule has 0 radical (unpaired) electrons. The number of sulfonamides is 1. The summed E-state index contributed by atoms with van der Waals surface area (Å²) in [4.78, 5) is 10.7. The third-order valence-corrected chi connectivity index (χ3v) is 4.63. The highest BCUT2D eigenvalue weighted by Gasteiger charge is 2.33. The molecule has 0 saturated carbocycles. The molecule has 0 fully saturated rings. The van der Waals surface area contributed by atoms with Gasteiger partial charge >= 0.3 is 5.97 Å². The number of rotatable bonds is 7. The summed E-state index contributed by atoms with van der Waals surface area (Å²) >= 11 is 0. The van der Waals surface area contributed by atoms with E-state index in [0.717, 1.165) is 4.31 Å². The summed E-state index contributed by atoms with van der Waals surface area (Å²) < 4.78 is 30.2. The normalized spacial score (nSPS) is 13.4. The van der Waals surface area contributed by atoms with Crippen LogP contribution in [0.5, 0.6) is 0 Å². The smallest absolute Gasteiger partial charge is 0.318 e. The van der Waals surface area contributed by atoms with E-state index in [1.165, 1.54) is 7.11 Å². The van der Waals surface area contributed by atoms with Gasteiger partial charge in [-0.25, -0.2) is 8.42 Å². The molecule has 102 valence electrons. The van der Waals surface area contributed by atoms with Crippen LogP contribution in [0.4, 0.5) is 0 Å². The third kappa shape index (κ3) is 5.47. The largest absolute Gasteiger partial charge is 0.480 e. The van der Waals surface area contributed by atoms with E-state index < -0.39 is 34.2 Å². The van der Waals surface area contributed by atoms with Gasteiger partial charge in [0.15, 0.2) is 0 Å². The maximum absolute atomic E-state index is 12.1. The van der Waals surface area contributed by atoms with Gasteiger partial charge in [-0.05, 0) is 27.7 Å². The Bertz CT molecular complexity index is 361. The Balaban J connectivity index is 5.04. The van der Waals surface area contributed by atoms with Crippen LogP contribution >= 0.6 is 0 Å². The molecule has 0 heterocycles. The van der Waals surface area contributed by atoms with Gasteiger partial charge in [-0.15, -0.1) is 0 Å². The van der Waals surface area contributed by atoms with E-state index in [4.69, 9.17) is 9.84 Å². The fraction of sp³-hybridized carbons (Fsp3) is 0.900. The molecule has 0 bridgehead atoms. The van der Waals surface area contributed by atoms with Crippen LogP contribution in [0.15, 0.2) is 0 Å². The second-order valence-electron chi connectivity index (χ2n) is 4.75. The molecule has 0 rings (SSSR count). The molecule has 1 N–H and O–H groups in total. The number of nitrogens with zero attached hydrogens (tertiary/aromatic N) is 1. The highest BCUT2D eigenvalue weighted by Crippen LogP contribution is 2.16. The molecule has 0 unspecified atom stereocenters. The number of hydrogen-bond donors (Lipinski definition) is 1. The van der Waals surface area contributed by atoms with Crippen LogP contribution in [-0.2, 0) is 19.6 Å². The Morgan fingerprint density at radius 2 is 1.88 bits per heavy atom. The summed E-state index contributed by atoms with van der Waals surface area (Å²) in [6.07, 6.45) is 0. The first-order chi connectivity index (χ1) is 7.52. The zero-order chi connectivity index (χ0) is 13.9. The van der Waals surface area contributed by atoms with Crippen molar-refractivity contribution in [1.82, 2.24) is 4.31 Å². The summed E-state index contributed by atoms with van der Waals surface area (Å²) in [6.45, 7) is 6.04. The minimum atomic E-state index is -3.66. The molecule has 7 heteroatoms. The van der Waals surface area contributed by atoms with Crippen molar-refractivity contribution < 1.29 is 23.1 Å². The van der Waals surface area contributed by atoms with Gasteiger partial charge in [-0.3, -0.25) is 4.79 Å². The zero-order valence-corrected chi connectivity index (χ0v) is 11.7. The fourth-order valence-electron chi connectivity index (χ4n) is 1.32. The van der Waals surface area contributed by atoms with E-state index in [0.29, 0.717) is 0 Å². The molecule has 6 nitrogen and oxygen atoms in total. The predicted octanol–water partition coefficient (Wildman–Crippen LogP) is 0.536. The molecule has 0 aromatic heterocycles. The topological polar surface area (TPSA) is 83.9 Å². The number of hydrogen-bond acceptors (Lipinski definition) is 4. The molecule has 0 aliphatic rings. The lowest BCUT2D eigenvalue weighted by Gasteiger charge is -2.29. The van der Waals surface area contributed by atoms with E-state index in [1.807, 2.05) is 0 Å². The molecular formula is C10H21NO5S. The molecule has 0 aliphatic carbocycles. The molecular weight excluding hydrogens is 246 g/mol. The first-order valence-corrected chi connectivity index (χ1v) is 6.89. The summed E-state index contributed by atoms with van der Waals surface area (Å²) in [7, 11) is -2.24. The Hall–Kier alpha value is -0.660.